The van der Waals surface area contributed by atoms with Gasteiger partial charge in [0.05, 0.1) is 16.2 Å². The molecule has 17 heavy (non-hydrogen) atoms. The Bertz CT molecular complexity index is 481. The van der Waals surface area contributed by atoms with Crippen molar-refractivity contribution in [2.75, 3.05) is 7.11 Å². The molecule has 0 radical (unpaired) electrons. The van der Waals surface area contributed by atoms with Gasteiger partial charge >= 0.3 is 11.8 Å². The zero-order valence-electron chi connectivity index (χ0n) is 8.32. The van der Waals surface area contributed by atoms with Crippen LogP contribution in [-0.2, 0) is 4.74 Å². The van der Waals surface area contributed by atoms with Crippen LogP contribution in [0.5, 0.6) is 0 Å². The van der Waals surface area contributed by atoms with E-state index >= 15 is 0 Å². The van der Waals surface area contributed by atoms with Gasteiger partial charge in [0.2, 0.25) is 0 Å². The number of carbonyl (C=O) groups is 1. The highest BCUT2D eigenvalue weighted by atomic mass is 127. The maximum absolute atomic E-state index is 12.8. The van der Waals surface area contributed by atoms with Crippen LogP contribution in [0.4, 0.5) is 14.6 Å². The third kappa shape index (κ3) is 2.65. The third-order valence-corrected chi connectivity index (χ3v) is 2.69. The van der Waals surface area contributed by atoms with E-state index in [2.05, 4.69) is 9.72 Å². The lowest BCUT2D eigenvalue weighted by Gasteiger charge is -2.08. The van der Waals surface area contributed by atoms with Crippen LogP contribution in [0.15, 0.2) is 6.20 Å². The van der Waals surface area contributed by atoms with Gasteiger partial charge in [-0.2, -0.15) is 0 Å². The van der Waals surface area contributed by atoms with E-state index in [1.165, 1.54) is 22.6 Å². The fraction of sp³-hybridized carbons (Fsp3) is 0.250. The maximum Gasteiger partial charge on any atom is 0.378 e. The normalized spacial score (nSPS) is 10.4. The van der Waals surface area contributed by atoms with Crippen molar-refractivity contribution in [3.05, 3.63) is 31.0 Å². The molecule has 9 heteroatoms. The fourth-order valence-electron chi connectivity index (χ4n) is 1.15. The first-order valence-corrected chi connectivity index (χ1v) is 5.17. The van der Waals surface area contributed by atoms with E-state index in [9.17, 15) is 23.7 Å². The second kappa shape index (κ2) is 5.29. The summed E-state index contributed by atoms with van der Waals surface area (Å²) < 4.78 is 29.7. The van der Waals surface area contributed by atoms with Crippen molar-refractivity contribution in [1.29, 1.82) is 0 Å². The van der Waals surface area contributed by atoms with Gasteiger partial charge in [0.15, 0.2) is 11.8 Å². The minimum absolute atomic E-state index is 0.0383. The van der Waals surface area contributed by atoms with Gasteiger partial charge in [-0.05, 0) is 32.5 Å². The molecule has 0 bridgehead atoms. The van der Waals surface area contributed by atoms with Crippen molar-refractivity contribution >= 4 is 34.4 Å². The fourth-order valence-corrected chi connectivity index (χ4v) is 1.79. The van der Waals surface area contributed by atoms with Crippen LogP contribution in [0.1, 0.15) is 22.3 Å². The number of esters is 1. The average molecular weight is 358 g/mol. The van der Waals surface area contributed by atoms with Crippen LogP contribution in [0.3, 0.4) is 0 Å². The Labute approximate surface area is 107 Å². The van der Waals surface area contributed by atoms with Crippen molar-refractivity contribution < 1.29 is 23.2 Å². The summed E-state index contributed by atoms with van der Waals surface area (Å²) in [5.41, 5.74) is -1.54. The van der Waals surface area contributed by atoms with Crippen LogP contribution in [0.25, 0.3) is 0 Å². The highest BCUT2D eigenvalue weighted by Crippen LogP contribution is 2.32. The summed E-state index contributed by atoms with van der Waals surface area (Å²) >= 11 is 1.52. The quantitative estimate of drug-likeness (QED) is 0.359. The Balaban J connectivity index is 3.61. The number of alkyl halides is 2. The summed E-state index contributed by atoms with van der Waals surface area (Å²) in [6, 6.07) is 0. The summed E-state index contributed by atoms with van der Waals surface area (Å²) in [7, 11) is 0.946. The lowest BCUT2D eigenvalue weighted by atomic mass is 10.1. The number of nitrogens with zero attached hydrogens (tertiary/aromatic N) is 2. The molecule has 92 valence electrons. The van der Waals surface area contributed by atoms with Crippen molar-refractivity contribution in [2.24, 2.45) is 0 Å². The number of methoxy groups -OCH3 is 1. The number of pyridine rings is 1. The van der Waals surface area contributed by atoms with Crippen LogP contribution in [0.2, 0.25) is 0 Å². The number of hydrogen-bond donors (Lipinski definition) is 0. The number of halogens is 3. The first-order valence-electron chi connectivity index (χ1n) is 4.09. The molecule has 0 fully saturated rings. The Hall–Kier alpha value is -1.39. The molecule has 0 amide bonds. The van der Waals surface area contributed by atoms with E-state index in [0.29, 0.717) is 0 Å². The molecular weight excluding hydrogens is 353 g/mol. The summed E-state index contributed by atoms with van der Waals surface area (Å²) in [6.07, 6.45) is -2.12. The zero-order valence-corrected chi connectivity index (χ0v) is 10.5. The predicted octanol–water partition coefficient (Wildman–Crippen LogP) is 2.32. The van der Waals surface area contributed by atoms with Crippen molar-refractivity contribution in [1.82, 2.24) is 4.98 Å². The molecule has 1 rings (SSSR count). The molecule has 1 heterocycles. The average Bonchev–Trinajstić information content (AvgIpc) is 2.26. The van der Waals surface area contributed by atoms with E-state index in [-0.39, 0.29) is 3.57 Å². The monoisotopic (exact) mass is 358 g/mol. The van der Waals surface area contributed by atoms with Gasteiger partial charge < -0.3 is 14.9 Å². The molecule has 0 saturated carbocycles. The second-order valence-electron chi connectivity index (χ2n) is 2.77. The van der Waals surface area contributed by atoms with Gasteiger partial charge in [0.25, 0.3) is 6.43 Å². The Morgan fingerprint density at radius 2 is 2.24 bits per heavy atom. The van der Waals surface area contributed by atoms with Gasteiger partial charge in [-0.1, -0.05) is 0 Å². The standard InChI is InChI=1S/C8H5F2IN2O4/c1-17-8(14)5-4(6(9)10)3(11)2-12-7(5)13(15)16/h2,6H,1H3. The topological polar surface area (TPSA) is 82.3 Å². The smallest absolute Gasteiger partial charge is 0.378 e. The highest BCUT2D eigenvalue weighted by Gasteiger charge is 2.32. The molecule has 0 atom stereocenters. The van der Waals surface area contributed by atoms with Crippen LogP contribution >= 0.6 is 22.6 Å². The van der Waals surface area contributed by atoms with E-state index in [1.807, 2.05) is 0 Å². The first kappa shape index (κ1) is 13.7. The van der Waals surface area contributed by atoms with Gasteiger partial charge in [-0.3, -0.25) is 0 Å². The van der Waals surface area contributed by atoms with Crippen LogP contribution in [0, 0.1) is 13.7 Å². The minimum atomic E-state index is -3.03. The molecule has 0 spiro atoms. The van der Waals surface area contributed by atoms with E-state index < -0.39 is 34.3 Å². The molecule has 0 aliphatic heterocycles. The number of hydrogen-bond acceptors (Lipinski definition) is 5. The number of nitro groups is 1. The van der Waals surface area contributed by atoms with Crippen molar-refractivity contribution in [2.45, 2.75) is 6.43 Å². The predicted molar refractivity (Wildman–Crippen MR) is 59.9 cm³/mol. The molecule has 6 nitrogen and oxygen atoms in total. The lowest BCUT2D eigenvalue weighted by Crippen LogP contribution is -2.13. The zero-order chi connectivity index (χ0) is 13.2. The molecule has 0 aliphatic rings. The maximum atomic E-state index is 12.8. The first-order chi connectivity index (χ1) is 7.90. The van der Waals surface area contributed by atoms with Gasteiger partial charge in [0.1, 0.15) is 0 Å². The van der Waals surface area contributed by atoms with E-state index in [0.717, 1.165) is 13.3 Å². The molecule has 0 N–H and O–H groups in total. The number of rotatable bonds is 3. The molecule has 0 aliphatic carbocycles. The minimum Gasteiger partial charge on any atom is -0.465 e. The summed E-state index contributed by atoms with van der Waals surface area (Å²) in [5.74, 6) is -2.15. The van der Waals surface area contributed by atoms with Crippen molar-refractivity contribution in [3.8, 4) is 0 Å². The van der Waals surface area contributed by atoms with Crippen LogP contribution in [-0.4, -0.2) is 23.0 Å². The van der Waals surface area contributed by atoms with Crippen molar-refractivity contribution in [3.63, 3.8) is 0 Å². The molecule has 0 aromatic carbocycles. The lowest BCUT2D eigenvalue weighted by molar-refractivity contribution is -0.390. The second-order valence-corrected chi connectivity index (χ2v) is 3.93. The molecule has 1 aromatic rings. The van der Waals surface area contributed by atoms with Gasteiger partial charge in [0, 0.05) is 0 Å². The Morgan fingerprint density at radius 1 is 1.65 bits per heavy atom. The largest absolute Gasteiger partial charge is 0.465 e. The summed E-state index contributed by atoms with van der Waals surface area (Å²) in [6.45, 7) is 0. The van der Waals surface area contributed by atoms with Gasteiger partial charge in [-0.15, -0.1) is 0 Å². The Kier molecular flexibility index (Phi) is 4.26. The number of ether oxygens (including phenoxy) is 1. The number of aromatic nitrogens is 1. The van der Waals surface area contributed by atoms with Crippen LogP contribution < -0.4 is 0 Å². The number of carbonyl (C=O) groups excluding carboxylic acids is 1. The SMILES string of the molecule is COC(=O)c1c([N+](=O)[O-])ncc(I)c1C(F)F. The molecule has 0 saturated heterocycles. The molecular formula is C8H5F2IN2O4. The molecule has 1 aromatic heterocycles. The third-order valence-electron chi connectivity index (χ3n) is 1.83. The Morgan fingerprint density at radius 3 is 2.65 bits per heavy atom. The summed E-state index contributed by atoms with van der Waals surface area (Å²) in [4.78, 5) is 24.3. The van der Waals surface area contributed by atoms with Gasteiger partial charge in [-0.25, -0.2) is 13.6 Å². The van der Waals surface area contributed by atoms with E-state index in [4.69, 9.17) is 0 Å². The molecule has 0 unspecified atom stereocenters. The highest BCUT2D eigenvalue weighted by molar-refractivity contribution is 14.1. The van der Waals surface area contributed by atoms with E-state index in [1.54, 1.807) is 0 Å². The summed E-state index contributed by atoms with van der Waals surface area (Å²) in [5, 5.41) is 10.6.